The van der Waals surface area contributed by atoms with Crippen molar-refractivity contribution >= 4 is 11.6 Å². The van der Waals surface area contributed by atoms with Crippen LogP contribution < -0.4 is 0 Å². The van der Waals surface area contributed by atoms with Gasteiger partial charge in [-0.05, 0) is 60.8 Å². The van der Waals surface area contributed by atoms with Crippen molar-refractivity contribution in [2.24, 2.45) is 40.4 Å². The van der Waals surface area contributed by atoms with Gasteiger partial charge in [0, 0.05) is 17.8 Å². The van der Waals surface area contributed by atoms with Gasteiger partial charge in [0.15, 0.2) is 11.6 Å². The highest BCUT2D eigenvalue weighted by atomic mass is 16.3. The summed E-state index contributed by atoms with van der Waals surface area (Å²) >= 11 is 0. The van der Waals surface area contributed by atoms with Crippen molar-refractivity contribution in [3.05, 3.63) is 23.8 Å². The Morgan fingerprint density at radius 2 is 2.08 bits per heavy atom. The zero-order chi connectivity index (χ0) is 18.0. The van der Waals surface area contributed by atoms with Crippen LogP contribution in [0.15, 0.2) is 23.8 Å². The van der Waals surface area contributed by atoms with Crippen LogP contribution in [0.25, 0.3) is 0 Å². The van der Waals surface area contributed by atoms with Gasteiger partial charge in [-0.1, -0.05) is 38.5 Å². The molecule has 0 saturated heterocycles. The summed E-state index contributed by atoms with van der Waals surface area (Å²) in [6, 6.07) is 0. The molecular formula is C22H30O3. The van der Waals surface area contributed by atoms with Crippen LogP contribution in [-0.4, -0.2) is 23.3 Å². The van der Waals surface area contributed by atoms with Crippen LogP contribution in [0.1, 0.15) is 52.9 Å². The normalized spacial score (nSPS) is 48.4. The fraction of sp³-hybridized carbons (Fsp3) is 0.727. The monoisotopic (exact) mass is 342 g/mol. The first-order valence-corrected chi connectivity index (χ1v) is 9.87. The van der Waals surface area contributed by atoms with Gasteiger partial charge in [-0.3, -0.25) is 9.59 Å². The number of ketones is 2. The van der Waals surface area contributed by atoms with Crippen molar-refractivity contribution in [2.45, 2.75) is 52.9 Å². The van der Waals surface area contributed by atoms with E-state index in [1.165, 1.54) is 5.57 Å². The zero-order valence-electron chi connectivity index (χ0n) is 15.6. The van der Waals surface area contributed by atoms with Gasteiger partial charge >= 0.3 is 0 Å². The average molecular weight is 342 g/mol. The lowest BCUT2D eigenvalue weighted by Gasteiger charge is -2.54. The molecule has 25 heavy (non-hydrogen) atoms. The maximum absolute atomic E-state index is 12.5. The Balaban J connectivity index is 1.73. The summed E-state index contributed by atoms with van der Waals surface area (Å²) in [7, 11) is 0. The van der Waals surface area contributed by atoms with Crippen molar-refractivity contribution < 1.29 is 14.7 Å². The summed E-state index contributed by atoms with van der Waals surface area (Å²) in [4.78, 5) is 24.3. The van der Waals surface area contributed by atoms with Crippen molar-refractivity contribution in [3.8, 4) is 0 Å². The Morgan fingerprint density at radius 1 is 1.32 bits per heavy atom. The molecule has 0 aromatic rings. The zero-order valence-corrected chi connectivity index (χ0v) is 15.6. The molecule has 0 unspecified atom stereocenters. The second-order valence-corrected chi connectivity index (χ2v) is 9.46. The van der Waals surface area contributed by atoms with E-state index in [0.717, 1.165) is 25.7 Å². The molecule has 136 valence electrons. The maximum Gasteiger partial charge on any atom is 0.162 e. The molecule has 2 fully saturated rings. The first-order valence-electron chi connectivity index (χ1n) is 9.87. The fourth-order valence-electron chi connectivity index (χ4n) is 7.09. The quantitative estimate of drug-likeness (QED) is 0.778. The number of hydrogen-bond donors (Lipinski definition) is 1. The minimum atomic E-state index is -0.330. The molecule has 3 heteroatoms. The van der Waals surface area contributed by atoms with Crippen LogP contribution in [-0.2, 0) is 9.59 Å². The van der Waals surface area contributed by atoms with E-state index in [1.807, 2.05) is 0 Å². The lowest BCUT2D eigenvalue weighted by atomic mass is 9.50. The molecule has 0 bridgehead atoms. The third kappa shape index (κ3) is 2.27. The predicted molar refractivity (Wildman–Crippen MR) is 96.7 cm³/mol. The largest absolute Gasteiger partial charge is 0.389 e. The van der Waals surface area contributed by atoms with E-state index >= 15 is 0 Å². The molecule has 2 saturated carbocycles. The van der Waals surface area contributed by atoms with Crippen molar-refractivity contribution in [3.63, 3.8) is 0 Å². The van der Waals surface area contributed by atoms with E-state index in [1.54, 1.807) is 6.08 Å². The molecule has 0 amide bonds. The van der Waals surface area contributed by atoms with Gasteiger partial charge in [0.1, 0.15) is 6.61 Å². The van der Waals surface area contributed by atoms with E-state index in [0.29, 0.717) is 30.1 Å². The molecule has 0 aromatic carbocycles. The Labute approximate surface area is 150 Å². The number of fused-ring (bicyclic) bond motifs is 5. The van der Waals surface area contributed by atoms with Gasteiger partial charge in [-0.15, -0.1) is 0 Å². The number of rotatable bonds is 2. The van der Waals surface area contributed by atoms with Crippen LogP contribution >= 0.6 is 0 Å². The van der Waals surface area contributed by atoms with Crippen LogP contribution in [0, 0.1) is 40.4 Å². The topological polar surface area (TPSA) is 54.4 Å². The van der Waals surface area contributed by atoms with E-state index in [4.69, 9.17) is 0 Å². The molecular weight excluding hydrogens is 312 g/mol. The Morgan fingerprint density at radius 3 is 2.80 bits per heavy atom. The Kier molecular flexibility index (Phi) is 3.88. The first kappa shape index (κ1) is 17.2. The number of hydrogen-bond acceptors (Lipinski definition) is 3. The standard InChI is InChI=1S/C22H30O3/c1-13-10-18-16-5-4-14-11-15(24)6-8-21(14,2)17(16)7-9-22(18,3)20(13)19(25)12-23/h6-8,13-14,16,18,20,23H,4-5,9-12H2,1-3H3/t13-,14-,16-,18+,20-,21+,22+/m1/s1. The van der Waals surface area contributed by atoms with E-state index < -0.39 is 0 Å². The predicted octanol–water partition coefficient (Wildman–Crippen LogP) is 3.72. The van der Waals surface area contributed by atoms with Crippen molar-refractivity contribution in [1.29, 1.82) is 0 Å². The molecule has 3 nitrogen and oxygen atoms in total. The lowest BCUT2D eigenvalue weighted by Crippen LogP contribution is -2.47. The van der Waals surface area contributed by atoms with Gasteiger partial charge in [0.25, 0.3) is 0 Å². The number of carbonyl (C=O) groups excluding carboxylic acids is 2. The molecule has 0 aromatic heterocycles. The number of aliphatic hydroxyl groups excluding tert-OH is 1. The second kappa shape index (κ2) is 5.64. The Bertz CT molecular complexity index is 675. The number of carbonyl (C=O) groups is 2. The maximum atomic E-state index is 12.5. The van der Waals surface area contributed by atoms with Crippen LogP contribution in [0.4, 0.5) is 0 Å². The summed E-state index contributed by atoms with van der Waals surface area (Å²) in [5.74, 6) is 2.10. The van der Waals surface area contributed by atoms with E-state index in [9.17, 15) is 14.7 Å². The summed E-state index contributed by atoms with van der Waals surface area (Å²) in [6.45, 7) is 6.45. The van der Waals surface area contributed by atoms with Gasteiger partial charge in [-0.25, -0.2) is 0 Å². The lowest BCUT2D eigenvalue weighted by molar-refractivity contribution is -0.131. The van der Waals surface area contributed by atoms with Crippen LogP contribution in [0.5, 0.6) is 0 Å². The molecule has 0 aliphatic heterocycles. The third-order valence-electron chi connectivity index (χ3n) is 8.26. The summed E-state index contributed by atoms with van der Waals surface area (Å²) < 4.78 is 0. The summed E-state index contributed by atoms with van der Waals surface area (Å²) in [6.07, 6.45) is 11.3. The highest BCUT2D eigenvalue weighted by Crippen LogP contribution is 2.65. The molecule has 0 heterocycles. The van der Waals surface area contributed by atoms with Gasteiger partial charge in [0.2, 0.25) is 0 Å². The van der Waals surface area contributed by atoms with Crippen molar-refractivity contribution in [1.82, 2.24) is 0 Å². The minimum Gasteiger partial charge on any atom is -0.389 e. The second-order valence-electron chi connectivity index (χ2n) is 9.46. The van der Waals surface area contributed by atoms with Gasteiger partial charge in [0.05, 0.1) is 0 Å². The minimum absolute atomic E-state index is 0.0144. The Hall–Kier alpha value is -1.22. The summed E-state index contributed by atoms with van der Waals surface area (Å²) in [5.41, 5.74) is 1.52. The van der Waals surface area contributed by atoms with Crippen LogP contribution in [0.3, 0.4) is 0 Å². The SMILES string of the molecule is C[C@@H]1C[C@H]2[C@@H]3CC[C@@H]4CC(=O)C=C[C@]4(C)C3=CC[C@]2(C)[C@H]1C(=O)CO. The smallest absolute Gasteiger partial charge is 0.162 e. The third-order valence-corrected chi connectivity index (χ3v) is 8.26. The van der Waals surface area contributed by atoms with Crippen molar-refractivity contribution in [2.75, 3.05) is 6.61 Å². The average Bonchev–Trinajstić information content (AvgIpc) is 2.85. The van der Waals surface area contributed by atoms with E-state index in [2.05, 4.69) is 32.9 Å². The van der Waals surface area contributed by atoms with Crippen LogP contribution in [0.2, 0.25) is 0 Å². The number of Topliss-reactive ketones (excluding diaryl/α,β-unsaturated/α-hetero) is 1. The molecule has 0 spiro atoms. The van der Waals surface area contributed by atoms with Gasteiger partial charge < -0.3 is 5.11 Å². The number of allylic oxidation sites excluding steroid dienone is 4. The highest BCUT2D eigenvalue weighted by molar-refractivity contribution is 5.91. The molecule has 4 aliphatic rings. The number of aliphatic hydroxyl groups is 1. The fourth-order valence-corrected chi connectivity index (χ4v) is 7.09. The molecule has 1 N–H and O–H groups in total. The molecule has 7 atom stereocenters. The molecule has 0 radical (unpaired) electrons. The molecule has 4 rings (SSSR count). The van der Waals surface area contributed by atoms with Gasteiger partial charge in [-0.2, -0.15) is 0 Å². The first-order chi connectivity index (χ1) is 11.8. The molecule has 4 aliphatic carbocycles. The summed E-state index contributed by atoms with van der Waals surface area (Å²) in [5, 5.41) is 9.46. The highest BCUT2D eigenvalue weighted by Gasteiger charge is 2.59. The van der Waals surface area contributed by atoms with E-state index in [-0.39, 0.29) is 34.9 Å².